The molecule has 0 fully saturated rings. The van der Waals surface area contributed by atoms with Gasteiger partial charge in [-0.1, -0.05) is 11.6 Å². The zero-order valence-electron chi connectivity index (χ0n) is 7.93. The molecular weight excluding hydrogens is 218 g/mol. The highest BCUT2D eigenvalue weighted by molar-refractivity contribution is 8.01. The first-order chi connectivity index (χ1) is 6.49. The van der Waals surface area contributed by atoms with Crippen LogP contribution in [-0.4, -0.2) is 10.7 Å². The quantitative estimate of drug-likeness (QED) is 0.738. The second kappa shape index (κ2) is 3.17. The predicted molar refractivity (Wildman–Crippen MR) is 60.0 cm³/mol. The van der Waals surface area contributed by atoms with E-state index in [9.17, 15) is 4.79 Å². The third-order valence-corrected chi connectivity index (χ3v) is 3.59. The third-order valence-electron chi connectivity index (χ3n) is 2.10. The normalized spacial score (nSPS) is 18.6. The van der Waals surface area contributed by atoms with E-state index in [1.165, 1.54) is 11.8 Å². The highest BCUT2D eigenvalue weighted by Crippen LogP contribution is 2.42. The molecule has 0 aliphatic carbocycles. The first-order valence-electron chi connectivity index (χ1n) is 4.29. The summed E-state index contributed by atoms with van der Waals surface area (Å²) >= 11 is 7.42. The molecule has 1 N–H and O–H groups in total. The van der Waals surface area contributed by atoms with Crippen LogP contribution in [0.5, 0.6) is 0 Å². The smallest absolute Gasteiger partial charge is 0.240 e. The molecule has 1 amide bonds. The molecule has 1 aromatic rings. The number of fused-ring (bicyclic) bond motifs is 1. The molecule has 2 nitrogen and oxygen atoms in total. The Balaban J connectivity index is 2.46. The van der Waals surface area contributed by atoms with E-state index in [2.05, 4.69) is 5.32 Å². The highest BCUT2D eigenvalue weighted by Gasteiger charge is 2.34. The standard InChI is InChI=1S/C10H10ClNOS/c1-10(2)9(13)12-7-4-3-6(11)5-8(7)14-10/h3-5H,1-2H3,(H,12,13). The van der Waals surface area contributed by atoms with E-state index in [4.69, 9.17) is 11.6 Å². The number of hydrogen-bond donors (Lipinski definition) is 1. The Labute approximate surface area is 92.0 Å². The molecule has 0 spiro atoms. The van der Waals surface area contributed by atoms with Gasteiger partial charge in [0.25, 0.3) is 0 Å². The number of carbonyl (C=O) groups excluding carboxylic acids is 1. The van der Waals surface area contributed by atoms with Gasteiger partial charge in [0.15, 0.2) is 0 Å². The van der Waals surface area contributed by atoms with Gasteiger partial charge in [0, 0.05) is 9.92 Å². The van der Waals surface area contributed by atoms with Gasteiger partial charge >= 0.3 is 0 Å². The second-order valence-corrected chi connectivity index (χ2v) is 5.81. The largest absolute Gasteiger partial charge is 0.324 e. The van der Waals surface area contributed by atoms with Gasteiger partial charge in [-0.3, -0.25) is 4.79 Å². The molecule has 0 radical (unpaired) electrons. The number of benzene rings is 1. The van der Waals surface area contributed by atoms with Crippen molar-refractivity contribution in [3.63, 3.8) is 0 Å². The molecule has 0 saturated heterocycles. The Morgan fingerprint density at radius 2 is 2.14 bits per heavy atom. The highest BCUT2D eigenvalue weighted by atomic mass is 35.5. The molecule has 2 rings (SSSR count). The predicted octanol–water partition coefficient (Wildman–Crippen LogP) is 3.16. The summed E-state index contributed by atoms with van der Waals surface area (Å²) in [7, 11) is 0. The van der Waals surface area contributed by atoms with Crippen molar-refractivity contribution >= 4 is 35.0 Å². The molecule has 1 aliphatic heterocycles. The van der Waals surface area contributed by atoms with Crippen molar-refractivity contribution in [1.82, 2.24) is 0 Å². The van der Waals surface area contributed by atoms with E-state index in [0.29, 0.717) is 5.02 Å². The van der Waals surface area contributed by atoms with E-state index in [0.717, 1.165) is 10.6 Å². The average Bonchev–Trinajstić information content (AvgIpc) is 2.07. The summed E-state index contributed by atoms with van der Waals surface area (Å²) in [6.07, 6.45) is 0. The number of carbonyl (C=O) groups is 1. The van der Waals surface area contributed by atoms with Crippen LogP contribution in [0.1, 0.15) is 13.8 Å². The van der Waals surface area contributed by atoms with Gasteiger partial charge in [0.2, 0.25) is 5.91 Å². The number of rotatable bonds is 0. The van der Waals surface area contributed by atoms with Gasteiger partial charge in [0.1, 0.15) is 0 Å². The topological polar surface area (TPSA) is 29.1 Å². The van der Waals surface area contributed by atoms with Crippen molar-refractivity contribution in [2.45, 2.75) is 23.5 Å². The Morgan fingerprint density at radius 1 is 1.43 bits per heavy atom. The minimum Gasteiger partial charge on any atom is -0.324 e. The van der Waals surface area contributed by atoms with E-state index in [1.54, 1.807) is 6.07 Å². The minimum absolute atomic E-state index is 0.0392. The van der Waals surface area contributed by atoms with Crippen LogP contribution in [0.4, 0.5) is 5.69 Å². The molecule has 0 saturated carbocycles. The maximum atomic E-state index is 11.6. The molecule has 14 heavy (non-hydrogen) atoms. The van der Waals surface area contributed by atoms with Crippen LogP contribution < -0.4 is 5.32 Å². The van der Waals surface area contributed by atoms with Gasteiger partial charge in [-0.15, -0.1) is 11.8 Å². The molecule has 74 valence electrons. The van der Waals surface area contributed by atoms with E-state index in [1.807, 2.05) is 26.0 Å². The van der Waals surface area contributed by atoms with Crippen molar-refractivity contribution in [2.75, 3.05) is 5.32 Å². The number of hydrogen-bond acceptors (Lipinski definition) is 2. The first kappa shape index (κ1) is 9.87. The molecule has 4 heteroatoms. The number of nitrogens with one attached hydrogen (secondary N) is 1. The molecule has 0 atom stereocenters. The van der Waals surface area contributed by atoms with Gasteiger partial charge in [-0.2, -0.15) is 0 Å². The lowest BCUT2D eigenvalue weighted by molar-refractivity contribution is -0.117. The lowest BCUT2D eigenvalue weighted by Crippen LogP contribution is -2.36. The van der Waals surface area contributed by atoms with Crippen LogP contribution in [0.25, 0.3) is 0 Å². The van der Waals surface area contributed by atoms with E-state index < -0.39 is 4.75 Å². The Kier molecular flexibility index (Phi) is 2.24. The lowest BCUT2D eigenvalue weighted by atomic mass is 10.1. The second-order valence-electron chi connectivity index (χ2n) is 3.71. The maximum Gasteiger partial charge on any atom is 0.240 e. The third kappa shape index (κ3) is 1.62. The SMILES string of the molecule is CC1(C)Sc2cc(Cl)ccc2NC1=O. The molecule has 1 aliphatic rings. The summed E-state index contributed by atoms with van der Waals surface area (Å²) in [5, 5.41) is 3.56. The van der Waals surface area contributed by atoms with Crippen LogP contribution in [0.3, 0.4) is 0 Å². The number of halogens is 1. The van der Waals surface area contributed by atoms with Crippen LogP contribution in [0, 0.1) is 0 Å². The molecular formula is C10H10ClNOS. The monoisotopic (exact) mass is 227 g/mol. The first-order valence-corrected chi connectivity index (χ1v) is 5.48. The van der Waals surface area contributed by atoms with E-state index >= 15 is 0 Å². The average molecular weight is 228 g/mol. The van der Waals surface area contributed by atoms with Gasteiger partial charge in [0.05, 0.1) is 10.4 Å². The Morgan fingerprint density at radius 3 is 2.86 bits per heavy atom. The van der Waals surface area contributed by atoms with Crippen LogP contribution in [0.15, 0.2) is 23.1 Å². The zero-order valence-corrected chi connectivity index (χ0v) is 9.50. The van der Waals surface area contributed by atoms with E-state index in [-0.39, 0.29) is 5.91 Å². The fraction of sp³-hybridized carbons (Fsp3) is 0.300. The Hall–Kier alpha value is -0.670. The van der Waals surface area contributed by atoms with Gasteiger partial charge in [-0.05, 0) is 32.0 Å². The van der Waals surface area contributed by atoms with Crippen molar-refractivity contribution in [3.8, 4) is 0 Å². The van der Waals surface area contributed by atoms with Crippen LogP contribution in [-0.2, 0) is 4.79 Å². The van der Waals surface area contributed by atoms with Crippen LogP contribution >= 0.6 is 23.4 Å². The molecule has 1 heterocycles. The number of amides is 1. The molecule has 1 aromatic carbocycles. The number of anilines is 1. The molecule has 0 unspecified atom stereocenters. The van der Waals surface area contributed by atoms with Crippen molar-refractivity contribution in [2.24, 2.45) is 0 Å². The fourth-order valence-corrected chi connectivity index (χ4v) is 2.62. The summed E-state index contributed by atoms with van der Waals surface area (Å²) < 4.78 is -0.419. The summed E-state index contributed by atoms with van der Waals surface area (Å²) in [4.78, 5) is 12.6. The zero-order chi connectivity index (χ0) is 10.3. The van der Waals surface area contributed by atoms with Gasteiger partial charge < -0.3 is 5.32 Å². The molecule has 0 aromatic heterocycles. The van der Waals surface area contributed by atoms with Crippen LogP contribution in [0.2, 0.25) is 5.02 Å². The van der Waals surface area contributed by atoms with Gasteiger partial charge in [-0.25, -0.2) is 0 Å². The summed E-state index contributed by atoms with van der Waals surface area (Å²) in [6, 6.07) is 5.49. The minimum atomic E-state index is -0.419. The van der Waals surface area contributed by atoms with Crippen molar-refractivity contribution in [1.29, 1.82) is 0 Å². The fourth-order valence-electron chi connectivity index (χ4n) is 1.28. The number of thioether (sulfide) groups is 1. The van der Waals surface area contributed by atoms with Crippen molar-refractivity contribution in [3.05, 3.63) is 23.2 Å². The summed E-state index contributed by atoms with van der Waals surface area (Å²) in [6.45, 7) is 3.80. The summed E-state index contributed by atoms with van der Waals surface area (Å²) in [5.74, 6) is 0.0392. The van der Waals surface area contributed by atoms with Crippen molar-refractivity contribution < 1.29 is 4.79 Å². The summed E-state index contributed by atoms with van der Waals surface area (Å²) in [5.41, 5.74) is 0.851. The maximum absolute atomic E-state index is 11.6. The lowest BCUT2D eigenvalue weighted by Gasteiger charge is -2.29. The molecule has 0 bridgehead atoms. The Bertz CT molecular complexity index is 403.